The summed E-state index contributed by atoms with van der Waals surface area (Å²) in [6.45, 7) is 8.58. The van der Waals surface area contributed by atoms with Gasteiger partial charge in [-0.15, -0.1) is 0 Å². The maximum Gasteiger partial charge on any atom is 0.240 e. The van der Waals surface area contributed by atoms with Gasteiger partial charge in [0.2, 0.25) is 5.91 Å². The number of likely N-dealkylation sites (N-methyl/N-ethyl adjacent to an activating group) is 1. The fourth-order valence-electron chi connectivity index (χ4n) is 2.81. The first kappa shape index (κ1) is 16.0. The van der Waals surface area contributed by atoms with Crippen molar-refractivity contribution >= 4 is 5.91 Å². The van der Waals surface area contributed by atoms with Gasteiger partial charge in [0, 0.05) is 45.0 Å². The Morgan fingerprint density at radius 3 is 2.67 bits per heavy atom. The van der Waals surface area contributed by atoms with Gasteiger partial charge in [0.25, 0.3) is 0 Å². The molecule has 0 saturated carbocycles. The zero-order chi connectivity index (χ0) is 15.2. The van der Waals surface area contributed by atoms with Crippen LogP contribution in [0.25, 0.3) is 0 Å². The van der Waals surface area contributed by atoms with Crippen LogP contribution in [0.3, 0.4) is 0 Å². The van der Waals surface area contributed by atoms with Crippen molar-refractivity contribution in [2.24, 2.45) is 7.05 Å². The van der Waals surface area contributed by atoms with E-state index in [1.165, 1.54) is 0 Å². The first-order valence-corrected chi connectivity index (χ1v) is 7.73. The monoisotopic (exact) mass is 294 g/mol. The fraction of sp³-hybridized carbons (Fsp3) is 0.733. The van der Waals surface area contributed by atoms with E-state index in [4.69, 9.17) is 4.74 Å². The number of carbonyl (C=O) groups excluding carboxylic acids is 1. The zero-order valence-electron chi connectivity index (χ0n) is 13.3. The van der Waals surface area contributed by atoms with Crippen molar-refractivity contribution in [2.45, 2.75) is 32.9 Å². The SMILES string of the molecule is CCC(C(=O)N(CC)Cc1cnn(C)c1)N1CCOCC1. The van der Waals surface area contributed by atoms with Crippen LogP contribution in [0.5, 0.6) is 0 Å². The summed E-state index contributed by atoms with van der Waals surface area (Å²) in [5, 5.41) is 4.17. The lowest BCUT2D eigenvalue weighted by molar-refractivity contribution is -0.139. The Kier molecular flexibility index (Phi) is 5.76. The second-order valence-electron chi connectivity index (χ2n) is 5.45. The van der Waals surface area contributed by atoms with Crippen LogP contribution in [0.2, 0.25) is 0 Å². The third-order valence-electron chi connectivity index (χ3n) is 3.98. The molecule has 1 aromatic heterocycles. The van der Waals surface area contributed by atoms with E-state index in [0.29, 0.717) is 13.1 Å². The summed E-state index contributed by atoms with van der Waals surface area (Å²) in [6, 6.07) is -0.0366. The minimum Gasteiger partial charge on any atom is -0.379 e. The van der Waals surface area contributed by atoms with Gasteiger partial charge in [-0.05, 0) is 13.3 Å². The van der Waals surface area contributed by atoms with Crippen LogP contribution in [-0.2, 0) is 23.1 Å². The minimum absolute atomic E-state index is 0.0366. The summed E-state index contributed by atoms with van der Waals surface area (Å²) in [5.41, 5.74) is 1.07. The molecule has 0 spiro atoms. The summed E-state index contributed by atoms with van der Waals surface area (Å²) >= 11 is 0. The van der Waals surface area contributed by atoms with Crippen molar-refractivity contribution < 1.29 is 9.53 Å². The van der Waals surface area contributed by atoms with Crippen molar-refractivity contribution in [1.82, 2.24) is 19.6 Å². The lowest BCUT2D eigenvalue weighted by Crippen LogP contribution is -2.51. The van der Waals surface area contributed by atoms with E-state index in [2.05, 4.69) is 16.9 Å². The van der Waals surface area contributed by atoms with Crippen molar-refractivity contribution in [2.75, 3.05) is 32.8 Å². The zero-order valence-corrected chi connectivity index (χ0v) is 13.3. The lowest BCUT2D eigenvalue weighted by Gasteiger charge is -2.35. The molecule has 1 aromatic rings. The lowest BCUT2D eigenvalue weighted by atomic mass is 10.1. The average Bonchev–Trinajstić information content (AvgIpc) is 2.92. The molecule has 6 nitrogen and oxygen atoms in total. The molecule has 1 amide bonds. The second kappa shape index (κ2) is 7.56. The predicted molar refractivity (Wildman–Crippen MR) is 80.8 cm³/mol. The molecule has 2 rings (SSSR count). The van der Waals surface area contributed by atoms with E-state index in [-0.39, 0.29) is 11.9 Å². The second-order valence-corrected chi connectivity index (χ2v) is 5.45. The third-order valence-corrected chi connectivity index (χ3v) is 3.98. The van der Waals surface area contributed by atoms with E-state index in [9.17, 15) is 4.79 Å². The van der Waals surface area contributed by atoms with Gasteiger partial charge >= 0.3 is 0 Å². The Labute approximate surface area is 126 Å². The molecule has 0 aliphatic carbocycles. The first-order valence-electron chi connectivity index (χ1n) is 7.73. The van der Waals surface area contributed by atoms with Crippen LogP contribution in [0.4, 0.5) is 0 Å². The van der Waals surface area contributed by atoms with Gasteiger partial charge in [0.1, 0.15) is 0 Å². The van der Waals surface area contributed by atoms with E-state index in [0.717, 1.165) is 38.3 Å². The van der Waals surface area contributed by atoms with Crippen LogP contribution < -0.4 is 0 Å². The van der Waals surface area contributed by atoms with Gasteiger partial charge in [-0.3, -0.25) is 14.4 Å². The van der Waals surface area contributed by atoms with Crippen LogP contribution in [-0.4, -0.2) is 64.4 Å². The van der Waals surface area contributed by atoms with Crippen molar-refractivity contribution in [3.05, 3.63) is 18.0 Å². The van der Waals surface area contributed by atoms with E-state index in [1.54, 1.807) is 4.68 Å². The quantitative estimate of drug-likeness (QED) is 0.781. The normalized spacial score (nSPS) is 17.7. The summed E-state index contributed by atoms with van der Waals surface area (Å²) in [4.78, 5) is 17.0. The topological polar surface area (TPSA) is 50.6 Å². The van der Waals surface area contributed by atoms with Crippen LogP contribution in [0, 0.1) is 0 Å². The maximum absolute atomic E-state index is 12.8. The van der Waals surface area contributed by atoms with Gasteiger partial charge in [-0.25, -0.2) is 0 Å². The fourth-order valence-corrected chi connectivity index (χ4v) is 2.81. The maximum atomic E-state index is 12.8. The Morgan fingerprint density at radius 2 is 2.14 bits per heavy atom. The van der Waals surface area contributed by atoms with Gasteiger partial charge in [0.05, 0.1) is 25.5 Å². The van der Waals surface area contributed by atoms with Gasteiger partial charge in [-0.1, -0.05) is 6.92 Å². The molecule has 6 heteroatoms. The van der Waals surface area contributed by atoms with Crippen molar-refractivity contribution in [3.8, 4) is 0 Å². The summed E-state index contributed by atoms with van der Waals surface area (Å²) in [5.74, 6) is 0.214. The largest absolute Gasteiger partial charge is 0.379 e. The smallest absolute Gasteiger partial charge is 0.240 e. The number of nitrogens with zero attached hydrogens (tertiary/aromatic N) is 4. The molecule has 0 N–H and O–H groups in total. The van der Waals surface area contributed by atoms with Gasteiger partial charge < -0.3 is 9.64 Å². The van der Waals surface area contributed by atoms with Crippen molar-refractivity contribution in [3.63, 3.8) is 0 Å². The Balaban J connectivity index is 2.02. The number of morpholine rings is 1. The Morgan fingerprint density at radius 1 is 1.43 bits per heavy atom. The predicted octanol–water partition coefficient (Wildman–Crippen LogP) is 0.879. The highest BCUT2D eigenvalue weighted by Gasteiger charge is 2.29. The molecule has 0 aromatic carbocycles. The summed E-state index contributed by atoms with van der Waals surface area (Å²) in [6.07, 6.45) is 4.62. The molecule has 1 saturated heterocycles. The third kappa shape index (κ3) is 4.04. The van der Waals surface area contributed by atoms with Crippen LogP contribution >= 0.6 is 0 Å². The van der Waals surface area contributed by atoms with Crippen molar-refractivity contribution in [1.29, 1.82) is 0 Å². The number of ether oxygens (including phenoxy) is 1. The van der Waals surface area contributed by atoms with E-state index >= 15 is 0 Å². The Hall–Kier alpha value is -1.40. The highest BCUT2D eigenvalue weighted by Crippen LogP contribution is 2.13. The van der Waals surface area contributed by atoms with Crippen LogP contribution in [0.15, 0.2) is 12.4 Å². The number of hydrogen-bond acceptors (Lipinski definition) is 4. The molecule has 21 heavy (non-hydrogen) atoms. The Bertz CT molecular complexity index is 454. The molecule has 1 aliphatic rings. The minimum atomic E-state index is -0.0366. The van der Waals surface area contributed by atoms with Crippen LogP contribution in [0.1, 0.15) is 25.8 Å². The molecular formula is C15H26N4O2. The standard InChI is InChI=1S/C15H26N4O2/c1-4-14(19-6-8-21-9-7-19)15(20)18(5-2)12-13-10-16-17(3)11-13/h10-11,14H,4-9,12H2,1-3H3. The molecule has 1 unspecified atom stereocenters. The number of aromatic nitrogens is 2. The molecule has 1 aliphatic heterocycles. The highest BCUT2D eigenvalue weighted by atomic mass is 16.5. The number of amides is 1. The molecular weight excluding hydrogens is 268 g/mol. The molecule has 2 heterocycles. The summed E-state index contributed by atoms with van der Waals surface area (Å²) in [7, 11) is 1.89. The molecule has 1 atom stereocenters. The number of carbonyl (C=O) groups is 1. The number of rotatable bonds is 6. The number of hydrogen-bond donors (Lipinski definition) is 0. The highest BCUT2D eigenvalue weighted by molar-refractivity contribution is 5.81. The summed E-state index contributed by atoms with van der Waals surface area (Å²) < 4.78 is 7.15. The first-order chi connectivity index (χ1) is 10.2. The molecule has 1 fully saturated rings. The van der Waals surface area contributed by atoms with Gasteiger partial charge in [0.15, 0.2) is 0 Å². The number of aryl methyl sites for hydroxylation is 1. The van der Waals surface area contributed by atoms with E-state index < -0.39 is 0 Å². The molecule has 0 bridgehead atoms. The molecule has 0 radical (unpaired) electrons. The molecule has 118 valence electrons. The van der Waals surface area contributed by atoms with E-state index in [1.807, 2.05) is 31.3 Å². The average molecular weight is 294 g/mol. The van der Waals surface area contributed by atoms with Gasteiger partial charge in [-0.2, -0.15) is 5.10 Å².